The molecule has 82 valence electrons. The topological polar surface area (TPSA) is 20.3 Å². The van der Waals surface area contributed by atoms with Gasteiger partial charge in [-0.15, -0.1) is 0 Å². The summed E-state index contributed by atoms with van der Waals surface area (Å²) in [4.78, 5) is 13.3. The normalized spacial score (nSPS) is 28.2. The van der Waals surface area contributed by atoms with Crippen LogP contribution < -0.4 is 0 Å². The van der Waals surface area contributed by atoms with E-state index in [1.165, 1.54) is 26.1 Å². The smallest absolute Gasteiger partial charge is 0.129 e. The number of rotatable bonds is 5. The molecule has 2 nitrogen and oxygen atoms in total. The Balaban J connectivity index is 2.06. The van der Waals surface area contributed by atoms with Gasteiger partial charge in [0.15, 0.2) is 0 Å². The first kappa shape index (κ1) is 11.7. The molecule has 1 fully saturated rings. The molecule has 1 saturated heterocycles. The number of carbonyl (C=O) groups excluding carboxylic acids is 1. The summed E-state index contributed by atoms with van der Waals surface area (Å²) < 4.78 is 0. The van der Waals surface area contributed by atoms with E-state index in [1.54, 1.807) is 6.92 Å². The molecule has 2 unspecified atom stereocenters. The standard InChI is InChI=1S/C12H23NO/c1-10-8-13(9-11(10)2)7-5-4-6-12(3)14/h10-11H,4-9H2,1-3H3. The summed E-state index contributed by atoms with van der Waals surface area (Å²) in [6.45, 7) is 10.0. The maximum Gasteiger partial charge on any atom is 0.129 e. The Hall–Kier alpha value is -0.370. The van der Waals surface area contributed by atoms with Gasteiger partial charge in [0.05, 0.1) is 0 Å². The van der Waals surface area contributed by atoms with Crippen molar-refractivity contribution in [2.45, 2.75) is 40.0 Å². The fourth-order valence-corrected chi connectivity index (χ4v) is 2.14. The largest absolute Gasteiger partial charge is 0.303 e. The number of unbranched alkanes of at least 4 members (excludes halogenated alkanes) is 1. The van der Waals surface area contributed by atoms with E-state index in [4.69, 9.17) is 0 Å². The molecule has 2 atom stereocenters. The fraction of sp³-hybridized carbons (Fsp3) is 0.917. The Morgan fingerprint density at radius 3 is 2.29 bits per heavy atom. The van der Waals surface area contributed by atoms with Crippen molar-refractivity contribution < 1.29 is 4.79 Å². The summed E-state index contributed by atoms with van der Waals surface area (Å²) in [5.74, 6) is 2.03. The van der Waals surface area contributed by atoms with Crippen LogP contribution in [0.25, 0.3) is 0 Å². The molecule has 0 aromatic rings. The fourth-order valence-electron chi connectivity index (χ4n) is 2.14. The molecule has 1 aliphatic heterocycles. The predicted molar refractivity (Wildman–Crippen MR) is 59.3 cm³/mol. The predicted octanol–water partition coefficient (Wildman–Crippen LogP) is 2.33. The second kappa shape index (κ2) is 5.50. The third-order valence-corrected chi connectivity index (χ3v) is 3.32. The summed E-state index contributed by atoms with van der Waals surface area (Å²) in [5, 5.41) is 0. The van der Waals surface area contributed by atoms with E-state index in [1.807, 2.05) is 0 Å². The van der Waals surface area contributed by atoms with E-state index < -0.39 is 0 Å². The molecule has 0 spiro atoms. The zero-order valence-corrected chi connectivity index (χ0v) is 9.75. The van der Waals surface area contributed by atoms with Gasteiger partial charge in [-0.1, -0.05) is 13.8 Å². The van der Waals surface area contributed by atoms with E-state index in [0.29, 0.717) is 5.78 Å². The zero-order valence-electron chi connectivity index (χ0n) is 9.75. The highest BCUT2D eigenvalue weighted by molar-refractivity contribution is 5.75. The van der Waals surface area contributed by atoms with E-state index in [0.717, 1.165) is 24.7 Å². The first-order valence-electron chi connectivity index (χ1n) is 5.81. The third-order valence-electron chi connectivity index (χ3n) is 3.32. The van der Waals surface area contributed by atoms with E-state index >= 15 is 0 Å². The maximum absolute atomic E-state index is 10.7. The SMILES string of the molecule is CC(=O)CCCCN1CC(C)C(C)C1. The molecule has 0 aromatic heterocycles. The number of nitrogens with zero attached hydrogens (tertiary/aromatic N) is 1. The summed E-state index contributed by atoms with van der Waals surface area (Å²) >= 11 is 0. The molecular weight excluding hydrogens is 174 g/mol. The summed E-state index contributed by atoms with van der Waals surface area (Å²) in [5.41, 5.74) is 0. The number of carbonyl (C=O) groups is 1. The third kappa shape index (κ3) is 3.79. The lowest BCUT2D eigenvalue weighted by Gasteiger charge is -2.14. The molecule has 1 heterocycles. The molecule has 0 saturated carbocycles. The Bertz CT molecular complexity index is 181. The first-order chi connectivity index (χ1) is 6.59. The van der Waals surface area contributed by atoms with Gasteiger partial charge in [-0.25, -0.2) is 0 Å². The van der Waals surface area contributed by atoms with Crippen molar-refractivity contribution in [3.8, 4) is 0 Å². The van der Waals surface area contributed by atoms with Crippen LogP contribution in [0.4, 0.5) is 0 Å². The molecule has 0 aliphatic carbocycles. The molecule has 2 heteroatoms. The molecule has 0 aromatic carbocycles. The second-order valence-corrected chi connectivity index (χ2v) is 4.87. The second-order valence-electron chi connectivity index (χ2n) is 4.87. The molecule has 1 rings (SSSR count). The van der Waals surface area contributed by atoms with Gasteiger partial charge < -0.3 is 9.69 Å². The van der Waals surface area contributed by atoms with Gasteiger partial charge in [0.2, 0.25) is 0 Å². The quantitative estimate of drug-likeness (QED) is 0.630. The van der Waals surface area contributed by atoms with Gasteiger partial charge in [0.25, 0.3) is 0 Å². The summed E-state index contributed by atoms with van der Waals surface area (Å²) in [7, 11) is 0. The average Bonchev–Trinajstić information content (AvgIpc) is 2.40. The van der Waals surface area contributed by atoms with Crippen LogP contribution in [-0.4, -0.2) is 30.3 Å². The first-order valence-corrected chi connectivity index (χ1v) is 5.81. The van der Waals surface area contributed by atoms with Crippen molar-refractivity contribution in [3.05, 3.63) is 0 Å². The van der Waals surface area contributed by atoms with Crippen molar-refractivity contribution in [3.63, 3.8) is 0 Å². The van der Waals surface area contributed by atoms with Crippen molar-refractivity contribution in [2.75, 3.05) is 19.6 Å². The van der Waals surface area contributed by atoms with E-state index in [9.17, 15) is 4.79 Å². The Morgan fingerprint density at radius 2 is 1.79 bits per heavy atom. The minimum Gasteiger partial charge on any atom is -0.303 e. The van der Waals surface area contributed by atoms with Gasteiger partial charge >= 0.3 is 0 Å². The lowest BCUT2D eigenvalue weighted by Crippen LogP contribution is -2.22. The van der Waals surface area contributed by atoms with Gasteiger partial charge in [0.1, 0.15) is 5.78 Å². The molecular formula is C12H23NO. The summed E-state index contributed by atoms with van der Waals surface area (Å²) in [6.07, 6.45) is 3.01. The molecule has 0 amide bonds. The van der Waals surface area contributed by atoms with Crippen molar-refractivity contribution in [1.82, 2.24) is 4.90 Å². The highest BCUT2D eigenvalue weighted by Gasteiger charge is 2.24. The molecule has 1 aliphatic rings. The minimum atomic E-state index is 0.327. The summed E-state index contributed by atoms with van der Waals surface area (Å²) in [6, 6.07) is 0. The molecule has 14 heavy (non-hydrogen) atoms. The van der Waals surface area contributed by atoms with Crippen LogP contribution in [0.1, 0.15) is 40.0 Å². The van der Waals surface area contributed by atoms with E-state index in [-0.39, 0.29) is 0 Å². The van der Waals surface area contributed by atoms with E-state index in [2.05, 4.69) is 18.7 Å². The van der Waals surface area contributed by atoms with Crippen molar-refractivity contribution in [2.24, 2.45) is 11.8 Å². The van der Waals surface area contributed by atoms with Crippen molar-refractivity contribution >= 4 is 5.78 Å². The van der Waals surface area contributed by atoms with Crippen LogP contribution in [0.3, 0.4) is 0 Å². The van der Waals surface area contributed by atoms with Crippen LogP contribution in [0.15, 0.2) is 0 Å². The Morgan fingerprint density at radius 1 is 1.21 bits per heavy atom. The van der Waals surface area contributed by atoms with Crippen LogP contribution in [-0.2, 0) is 4.79 Å². The molecule has 0 N–H and O–H groups in total. The highest BCUT2D eigenvalue weighted by Crippen LogP contribution is 2.22. The van der Waals surface area contributed by atoms with Gasteiger partial charge in [0, 0.05) is 19.5 Å². The monoisotopic (exact) mass is 197 g/mol. The van der Waals surface area contributed by atoms with Gasteiger partial charge in [-0.2, -0.15) is 0 Å². The van der Waals surface area contributed by atoms with Crippen molar-refractivity contribution in [1.29, 1.82) is 0 Å². The number of hydrogen-bond acceptors (Lipinski definition) is 2. The Labute approximate surface area is 87.7 Å². The lowest BCUT2D eigenvalue weighted by molar-refractivity contribution is -0.117. The van der Waals surface area contributed by atoms with Crippen LogP contribution in [0.2, 0.25) is 0 Å². The average molecular weight is 197 g/mol. The number of Topliss-reactive ketones (excluding diaryl/α,β-unsaturated/α-hetero) is 1. The van der Waals surface area contributed by atoms with Crippen LogP contribution in [0.5, 0.6) is 0 Å². The Kier molecular flexibility index (Phi) is 4.59. The number of hydrogen-bond donors (Lipinski definition) is 0. The number of ketones is 1. The highest BCUT2D eigenvalue weighted by atomic mass is 16.1. The molecule has 0 radical (unpaired) electrons. The van der Waals surface area contributed by atoms with Crippen LogP contribution in [0, 0.1) is 11.8 Å². The number of likely N-dealkylation sites (tertiary alicyclic amines) is 1. The van der Waals surface area contributed by atoms with Gasteiger partial charge in [-0.05, 0) is 38.1 Å². The maximum atomic E-state index is 10.7. The minimum absolute atomic E-state index is 0.327. The lowest BCUT2D eigenvalue weighted by atomic mass is 10.0. The zero-order chi connectivity index (χ0) is 10.6. The molecule has 0 bridgehead atoms. The van der Waals surface area contributed by atoms with Gasteiger partial charge in [-0.3, -0.25) is 0 Å². The van der Waals surface area contributed by atoms with Crippen LogP contribution >= 0.6 is 0 Å².